The van der Waals surface area contributed by atoms with Crippen molar-refractivity contribution in [3.05, 3.63) is 71.8 Å². The second-order valence-corrected chi connectivity index (χ2v) is 5.69. The summed E-state index contributed by atoms with van der Waals surface area (Å²) in [6, 6.07) is 17.4. The summed E-state index contributed by atoms with van der Waals surface area (Å²) in [6.45, 7) is -0.0300. The number of hydrogen-bond acceptors (Lipinski definition) is 4. The van der Waals surface area contributed by atoms with Crippen molar-refractivity contribution in [1.82, 2.24) is 4.31 Å². The van der Waals surface area contributed by atoms with Crippen molar-refractivity contribution in [2.24, 2.45) is 0 Å². The van der Waals surface area contributed by atoms with E-state index in [1.54, 1.807) is 54.6 Å². The van der Waals surface area contributed by atoms with Crippen LogP contribution in [0.4, 0.5) is 4.79 Å². The molecule has 1 unspecified atom stereocenters. The van der Waals surface area contributed by atoms with Crippen molar-refractivity contribution in [2.75, 3.05) is 0 Å². The van der Waals surface area contributed by atoms with E-state index in [1.807, 2.05) is 6.07 Å². The lowest BCUT2D eigenvalue weighted by atomic mass is 10.2. The van der Waals surface area contributed by atoms with Crippen LogP contribution in [0.15, 0.2) is 60.7 Å². The average Bonchev–Trinajstić information content (AvgIpc) is 2.54. The number of rotatable bonds is 5. The second-order valence-electron chi connectivity index (χ2n) is 4.37. The summed E-state index contributed by atoms with van der Waals surface area (Å²) in [5.41, 5.74) is 0.0911. The van der Waals surface area contributed by atoms with Gasteiger partial charge in [0.25, 0.3) is 0 Å². The third-order valence-electron chi connectivity index (χ3n) is 2.86. The van der Waals surface area contributed by atoms with E-state index in [2.05, 4.69) is 0 Å². The Morgan fingerprint density at radius 1 is 1.05 bits per heavy atom. The first-order chi connectivity index (χ1) is 10.6. The molecule has 0 bridgehead atoms. The van der Waals surface area contributed by atoms with E-state index in [1.165, 1.54) is 0 Å². The topological polar surface area (TPSA) is 63.7 Å². The maximum atomic E-state index is 12.0. The lowest BCUT2D eigenvalue weighted by Gasteiger charge is -2.21. The zero-order valence-electron chi connectivity index (χ0n) is 11.5. The van der Waals surface area contributed by atoms with Crippen LogP contribution < -0.4 is 0 Å². The zero-order valence-corrected chi connectivity index (χ0v) is 13.1. The van der Waals surface area contributed by atoms with E-state index in [0.29, 0.717) is 9.87 Å². The Bertz CT molecular complexity index is 683. The quantitative estimate of drug-likeness (QED) is 0.516. The molecular weight excluding hydrogens is 326 g/mol. The Labute approximate surface area is 135 Å². The molecule has 0 fully saturated rings. The van der Waals surface area contributed by atoms with Crippen LogP contribution in [0.5, 0.6) is 0 Å². The van der Waals surface area contributed by atoms with E-state index in [9.17, 15) is 13.2 Å². The van der Waals surface area contributed by atoms with Gasteiger partial charge in [0.1, 0.15) is 6.61 Å². The molecule has 0 saturated carbocycles. The Kier molecular flexibility index (Phi) is 5.80. The summed E-state index contributed by atoms with van der Waals surface area (Å²) in [5, 5.41) is 0. The predicted molar refractivity (Wildman–Crippen MR) is 83.8 cm³/mol. The Balaban J connectivity index is 2.09. The van der Waals surface area contributed by atoms with Crippen LogP contribution in [-0.2, 0) is 22.2 Å². The van der Waals surface area contributed by atoms with Gasteiger partial charge in [-0.25, -0.2) is 13.2 Å². The highest BCUT2D eigenvalue weighted by atomic mass is 35.5. The summed E-state index contributed by atoms with van der Waals surface area (Å²) in [5.74, 6) is 0. The van der Waals surface area contributed by atoms with Crippen molar-refractivity contribution in [3.8, 4) is 0 Å². The highest BCUT2D eigenvalue weighted by molar-refractivity contribution is 7.70. The van der Waals surface area contributed by atoms with Gasteiger partial charge in [0.15, 0.2) is 5.50 Å². The second kappa shape index (κ2) is 7.82. The summed E-state index contributed by atoms with van der Waals surface area (Å²) in [4.78, 5) is 12.0. The summed E-state index contributed by atoms with van der Waals surface area (Å²) < 4.78 is 28.2. The largest absolute Gasteiger partial charge is 0.444 e. The molecule has 0 radical (unpaired) electrons. The molecule has 7 heteroatoms. The normalized spacial score (nSPS) is 11.9. The van der Waals surface area contributed by atoms with Gasteiger partial charge in [-0.3, -0.25) is 0 Å². The van der Waals surface area contributed by atoms with E-state index < -0.39 is 22.5 Å². The minimum atomic E-state index is -3.22. The summed E-state index contributed by atoms with van der Waals surface area (Å²) >= 11 is 6.09. The minimum Gasteiger partial charge on any atom is -0.444 e. The third-order valence-corrected chi connectivity index (χ3v) is 4.19. The first-order valence-electron chi connectivity index (χ1n) is 6.43. The molecule has 2 rings (SSSR count). The highest BCUT2D eigenvalue weighted by Crippen LogP contribution is 2.25. The molecule has 0 aliphatic rings. The molecule has 0 aliphatic carbocycles. The highest BCUT2D eigenvalue weighted by Gasteiger charge is 2.27. The molecule has 2 aromatic rings. The van der Waals surface area contributed by atoms with E-state index >= 15 is 0 Å². The molecule has 0 aromatic heterocycles. The maximum absolute atomic E-state index is 12.0. The van der Waals surface area contributed by atoms with E-state index in [-0.39, 0.29) is 6.61 Å². The van der Waals surface area contributed by atoms with Gasteiger partial charge in [-0.15, -0.1) is 0 Å². The molecule has 5 nitrogen and oxygen atoms in total. The van der Waals surface area contributed by atoms with Gasteiger partial charge in [0.2, 0.25) is 10.9 Å². The molecule has 0 N–H and O–H groups in total. The molecule has 0 saturated heterocycles. The number of ether oxygens (including phenoxy) is 1. The van der Waals surface area contributed by atoms with Crippen LogP contribution in [0.1, 0.15) is 16.6 Å². The summed E-state index contributed by atoms with van der Waals surface area (Å²) in [7, 11) is -3.22. The van der Waals surface area contributed by atoms with Gasteiger partial charge in [0.05, 0.1) is 0 Å². The first-order valence-corrected chi connectivity index (χ1v) is 7.99. The van der Waals surface area contributed by atoms with Crippen LogP contribution in [-0.4, -0.2) is 18.8 Å². The van der Waals surface area contributed by atoms with Crippen LogP contribution >= 0.6 is 11.6 Å². The average molecular weight is 340 g/mol. The number of hydrogen-bond donors (Lipinski definition) is 1. The van der Waals surface area contributed by atoms with Crippen LogP contribution in [0.2, 0.25) is 0 Å². The Morgan fingerprint density at radius 3 is 2.14 bits per heavy atom. The van der Waals surface area contributed by atoms with Crippen molar-refractivity contribution in [3.63, 3.8) is 0 Å². The molecule has 116 valence electrons. The van der Waals surface area contributed by atoms with E-state index in [0.717, 1.165) is 5.56 Å². The number of halogens is 1. The van der Waals surface area contributed by atoms with Gasteiger partial charge >= 0.3 is 6.09 Å². The number of amides is 1. The fraction of sp³-hybridized carbons (Fsp3) is 0.133. The molecule has 2 aromatic carbocycles. The third kappa shape index (κ3) is 4.22. The van der Waals surface area contributed by atoms with E-state index in [4.69, 9.17) is 16.3 Å². The Hall–Kier alpha value is -2.05. The smallest absolute Gasteiger partial charge is 0.425 e. The van der Waals surface area contributed by atoms with Gasteiger partial charge in [-0.1, -0.05) is 72.3 Å². The van der Waals surface area contributed by atoms with Gasteiger partial charge in [0, 0.05) is 0 Å². The fourth-order valence-corrected chi connectivity index (χ4v) is 2.71. The van der Waals surface area contributed by atoms with Gasteiger partial charge in [-0.05, 0) is 11.1 Å². The molecule has 1 atom stereocenters. The number of carbonyl (C=O) groups excluding carboxylic acids is 1. The van der Waals surface area contributed by atoms with Gasteiger partial charge in [-0.2, -0.15) is 4.31 Å². The lowest BCUT2D eigenvalue weighted by Crippen LogP contribution is -2.31. The molecule has 0 heterocycles. The monoisotopic (exact) mass is 339 g/mol. The van der Waals surface area contributed by atoms with Crippen LogP contribution in [0.3, 0.4) is 0 Å². The molecule has 0 spiro atoms. The minimum absolute atomic E-state index is 0.0300. The lowest BCUT2D eigenvalue weighted by molar-refractivity contribution is 0.117. The van der Waals surface area contributed by atoms with Crippen molar-refractivity contribution < 1.29 is 17.9 Å². The number of alkyl halides is 1. The summed E-state index contributed by atoms with van der Waals surface area (Å²) in [6.07, 6.45) is -1.01. The first kappa shape index (κ1) is 16.3. The molecule has 0 aliphatic heterocycles. The molecule has 22 heavy (non-hydrogen) atoms. The number of thiol groups is 1. The number of benzene rings is 2. The molecular formula is C15H14ClNO4S. The van der Waals surface area contributed by atoms with Crippen molar-refractivity contribution in [1.29, 1.82) is 0 Å². The Morgan fingerprint density at radius 2 is 1.59 bits per heavy atom. The van der Waals surface area contributed by atoms with Crippen LogP contribution in [0.25, 0.3) is 0 Å². The SMILES string of the molecule is O=C(OCc1ccccc1)N(C(Cl)c1ccccc1)[SH](=O)=O. The van der Waals surface area contributed by atoms with Crippen molar-refractivity contribution >= 4 is 28.6 Å². The van der Waals surface area contributed by atoms with Gasteiger partial charge < -0.3 is 4.74 Å². The zero-order chi connectivity index (χ0) is 15.9. The van der Waals surface area contributed by atoms with Crippen molar-refractivity contribution in [2.45, 2.75) is 12.1 Å². The predicted octanol–water partition coefficient (Wildman–Crippen LogP) is 3.09. The fourth-order valence-electron chi connectivity index (χ4n) is 1.78. The number of carbonyl (C=O) groups is 1. The number of nitrogens with zero attached hydrogens (tertiary/aromatic N) is 1. The van der Waals surface area contributed by atoms with Crippen LogP contribution in [0, 0.1) is 0 Å². The molecule has 1 amide bonds. The standard InChI is InChI=1S/C15H14ClNO4S/c16-14(13-9-5-2-6-10-13)17(22(19)20)15(18)21-11-12-7-3-1-4-8-12/h1-10,14,22H,11H2. The maximum Gasteiger partial charge on any atom is 0.425 e.